The summed E-state index contributed by atoms with van der Waals surface area (Å²) in [6.45, 7) is -0.0524. The van der Waals surface area contributed by atoms with E-state index < -0.39 is 0 Å². The Hall–Kier alpha value is -1.50. The summed E-state index contributed by atoms with van der Waals surface area (Å²) >= 11 is 3.91. The molecule has 0 spiro atoms. The Bertz CT molecular complexity index is 377. The van der Waals surface area contributed by atoms with Crippen molar-refractivity contribution in [1.29, 1.82) is 0 Å². The number of amides is 2. The summed E-state index contributed by atoms with van der Waals surface area (Å²) in [5, 5.41) is 9.01. The van der Waals surface area contributed by atoms with Crippen LogP contribution in [0.4, 0.5) is 5.82 Å². The SMILES string of the molecule is Cn1ccc(NC(=O)CNC(=O)CCS)n1. The maximum atomic E-state index is 11.3. The van der Waals surface area contributed by atoms with Gasteiger partial charge < -0.3 is 10.6 Å². The molecule has 1 heterocycles. The fourth-order valence-corrected chi connectivity index (χ4v) is 1.24. The molecular formula is C9H14N4O2S. The van der Waals surface area contributed by atoms with Crippen molar-refractivity contribution >= 4 is 30.3 Å². The predicted octanol–water partition coefficient (Wildman–Crippen LogP) is -0.205. The summed E-state index contributed by atoms with van der Waals surface area (Å²) in [6.07, 6.45) is 2.02. The Kier molecular flexibility index (Phi) is 4.84. The van der Waals surface area contributed by atoms with Gasteiger partial charge in [0, 0.05) is 25.7 Å². The van der Waals surface area contributed by atoms with E-state index in [2.05, 4.69) is 28.4 Å². The average molecular weight is 242 g/mol. The maximum absolute atomic E-state index is 11.3. The molecule has 2 amide bonds. The van der Waals surface area contributed by atoms with Crippen LogP contribution in [-0.4, -0.2) is 33.9 Å². The van der Waals surface area contributed by atoms with Gasteiger partial charge in [0.1, 0.15) is 0 Å². The van der Waals surface area contributed by atoms with E-state index in [1.54, 1.807) is 24.0 Å². The molecule has 0 saturated heterocycles. The first-order valence-electron chi connectivity index (χ1n) is 4.79. The molecule has 0 atom stereocenters. The molecule has 0 aliphatic heterocycles. The molecule has 0 bridgehead atoms. The van der Waals surface area contributed by atoms with Crippen LogP contribution < -0.4 is 10.6 Å². The number of carbonyl (C=O) groups excluding carboxylic acids is 2. The van der Waals surface area contributed by atoms with Crippen molar-refractivity contribution in [3.05, 3.63) is 12.3 Å². The first-order chi connectivity index (χ1) is 7.61. The van der Waals surface area contributed by atoms with Gasteiger partial charge in [0.25, 0.3) is 0 Å². The van der Waals surface area contributed by atoms with Gasteiger partial charge in [-0.25, -0.2) is 0 Å². The van der Waals surface area contributed by atoms with Crippen molar-refractivity contribution < 1.29 is 9.59 Å². The number of anilines is 1. The lowest BCUT2D eigenvalue weighted by atomic mass is 10.4. The molecule has 6 nitrogen and oxygen atoms in total. The third-order valence-electron chi connectivity index (χ3n) is 1.77. The zero-order chi connectivity index (χ0) is 12.0. The van der Waals surface area contributed by atoms with Gasteiger partial charge in [-0.05, 0) is 5.75 Å². The van der Waals surface area contributed by atoms with Gasteiger partial charge in [0.15, 0.2) is 5.82 Å². The Morgan fingerprint density at radius 2 is 2.25 bits per heavy atom. The fourth-order valence-electron chi connectivity index (χ4n) is 1.04. The van der Waals surface area contributed by atoms with E-state index in [-0.39, 0.29) is 18.4 Å². The number of rotatable bonds is 5. The van der Waals surface area contributed by atoms with Gasteiger partial charge >= 0.3 is 0 Å². The molecule has 1 rings (SSSR count). The Labute approximate surface area is 98.8 Å². The number of thiol groups is 1. The second-order valence-corrected chi connectivity index (χ2v) is 3.62. The monoisotopic (exact) mass is 242 g/mol. The van der Waals surface area contributed by atoms with Crippen LogP contribution in [0.25, 0.3) is 0 Å². The number of aromatic nitrogens is 2. The van der Waals surface area contributed by atoms with Crippen molar-refractivity contribution in [3.63, 3.8) is 0 Å². The lowest BCUT2D eigenvalue weighted by molar-refractivity contribution is -0.123. The Morgan fingerprint density at radius 1 is 1.50 bits per heavy atom. The summed E-state index contributed by atoms with van der Waals surface area (Å²) in [5.74, 6) is 0.446. The molecule has 0 radical (unpaired) electrons. The normalized spacial score (nSPS) is 9.88. The maximum Gasteiger partial charge on any atom is 0.244 e. The summed E-state index contributed by atoms with van der Waals surface area (Å²) in [5.41, 5.74) is 0. The highest BCUT2D eigenvalue weighted by Crippen LogP contribution is 1.99. The van der Waals surface area contributed by atoms with Gasteiger partial charge in [0.05, 0.1) is 6.54 Å². The van der Waals surface area contributed by atoms with Crippen molar-refractivity contribution in [2.75, 3.05) is 17.6 Å². The number of hydrogen-bond acceptors (Lipinski definition) is 4. The third-order valence-corrected chi connectivity index (χ3v) is 1.99. The second-order valence-electron chi connectivity index (χ2n) is 3.17. The van der Waals surface area contributed by atoms with Crippen LogP contribution in [0.5, 0.6) is 0 Å². The molecule has 0 saturated carbocycles. The van der Waals surface area contributed by atoms with Crippen LogP contribution in [0.1, 0.15) is 6.42 Å². The molecule has 1 aromatic rings. The quantitative estimate of drug-likeness (QED) is 0.626. The largest absolute Gasteiger partial charge is 0.347 e. The lowest BCUT2D eigenvalue weighted by Crippen LogP contribution is -2.33. The first-order valence-corrected chi connectivity index (χ1v) is 5.42. The minimum Gasteiger partial charge on any atom is -0.347 e. The van der Waals surface area contributed by atoms with E-state index in [0.29, 0.717) is 18.0 Å². The van der Waals surface area contributed by atoms with Crippen molar-refractivity contribution in [2.45, 2.75) is 6.42 Å². The number of aryl methyl sites for hydroxylation is 1. The number of nitrogens with zero attached hydrogens (tertiary/aromatic N) is 2. The van der Waals surface area contributed by atoms with E-state index >= 15 is 0 Å². The zero-order valence-electron chi connectivity index (χ0n) is 8.93. The molecule has 0 aliphatic carbocycles. The summed E-state index contributed by atoms with van der Waals surface area (Å²) < 4.78 is 1.58. The van der Waals surface area contributed by atoms with E-state index in [1.807, 2.05) is 0 Å². The highest BCUT2D eigenvalue weighted by Gasteiger charge is 2.06. The topological polar surface area (TPSA) is 76.0 Å². The fraction of sp³-hybridized carbons (Fsp3) is 0.444. The molecular weight excluding hydrogens is 228 g/mol. The van der Waals surface area contributed by atoms with Crippen LogP contribution in [0.3, 0.4) is 0 Å². The molecule has 0 aliphatic rings. The van der Waals surface area contributed by atoms with Gasteiger partial charge in [0.2, 0.25) is 11.8 Å². The molecule has 2 N–H and O–H groups in total. The summed E-state index contributed by atoms with van der Waals surface area (Å²) in [6, 6.07) is 1.67. The molecule has 0 aromatic carbocycles. The van der Waals surface area contributed by atoms with E-state index in [4.69, 9.17) is 0 Å². The van der Waals surface area contributed by atoms with Crippen LogP contribution >= 0.6 is 12.6 Å². The summed E-state index contributed by atoms with van der Waals surface area (Å²) in [4.78, 5) is 22.4. The van der Waals surface area contributed by atoms with Crippen molar-refractivity contribution in [2.24, 2.45) is 7.05 Å². The van der Waals surface area contributed by atoms with Gasteiger partial charge in [-0.1, -0.05) is 0 Å². The van der Waals surface area contributed by atoms with Crippen molar-refractivity contribution in [3.8, 4) is 0 Å². The summed E-state index contributed by atoms with van der Waals surface area (Å²) in [7, 11) is 1.75. The molecule has 0 unspecified atom stereocenters. The van der Waals surface area contributed by atoms with E-state index in [1.165, 1.54) is 0 Å². The highest BCUT2D eigenvalue weighted by atomic mass is 32.1. The molecule has 7 heteroatoms. The smallest absolute Gasteiger partial charge is 0.244 e. The van der Waals surface area contributed by atoms with Gasteiger partial charge in [-0.15, -0.1) is 0 Å². The number of hydrogen-bond donors (Lipinski definition) is 3. The van der Waals surface area contributed by atoms with Crippen LogP contribution in [0.2, 0.25) is 0 Å². The average Bonchev–Trinajstić information content (AvgIpc) is 2.61. The van der Waals surface area contributed by atoms with Gasteiger partial charge in [-0.3, -0.25) is 14.3 Å². The Morgan fingerprint density at radius 3 is 2.81 bits per heavy atom. The Balaban J connectivity index is 2.28. The second kappa shape index (κ2) is 6.16. The number of carbonyl (C=O) groups is 2. The van der Waals surface area contributed by atoms with E-state index in [0.717, 1.165) is 0 Å². The minimum absolute atomic E-state index is 0.0524. The van der Waals surface area contributed by atoms with Gasteiger partial charge in [-0.2, -0.15) is 17.7 Å². The molecule has 88 valence electrons. The van der Waals surface area contributed by atoms with Crippen LogP contribution in [0.15, 0.2) is 12.3 Å². The molecule has 1 aromatic heterocycles. The van der Waals surface area contributed by atoms with E-state index in [9.17, 15) is 9.59 Å². The zero-order valence-corrected chi connectivity index (χ0v) is 9.83. The minimum atomic E-state index is -0.300. The van der Waals surface area contributed by atoms with Crippen LogP contribution in [0, 0.1) is 0 Å². The molecule has 16 heavy (non-hydrogen) atoms. The number of nitrogens with one attached hydrogen (secondary N) is 2. The predicted molar refractivity (Wildman–Crippen MR) is 63.3 cm³/mol. The lowest BCUT2D eigenvalue weighted by Gasteiger charge is -2.03. The molecule has 0 fully saturated rings. The third kappa shape index (κ3) is 4.35. The van der Waals surface area contributed by atoms with Crippen molar-refractivity contribution in [1.82, 2.24) is 15.1 Å². The van der Waals surface area contributed by atoms with Crippen LogP contribution in [-0.2, 0) is 16.6 Å². The first kappa shape index (κ1) is 12.6. The standard InChI is InChI=1S/C9H14N4O2S/c1-13-4-2-7(12-13)11-9(15)6-10-8(14)3-5-16/h2,4,16H,3,5-6H2,1H3,(H,10,14)(H,11,12,15). The highest BCUT2D eigenvalue weighted by molar-refractivity contribution is 7.80.